The van der Waals surface area contributed by atoms with Crippen LogP contribution in [0.2, 0.25) is 0 Å². The van der Waals surface area contributed by atoms with E-state index in [9.17, 15) is 9.59 Å². The molecule has 0 fully saturated rings. The first-order valence-corrected chi connectivity index (χ1v) is 14.4. The van der Waals surface area contributed by atoms with Crippen molar-refractivity contribution in [2.75, 3.05) is 0 Å². The summed E-state index contributed by atoms with van der Waals surface area (Å²) in [6.45, 7) is 6.32. The molecule has 3 aromatic rings. The van der Waals surface area contributed by atoms with E-state index in [1.54, 1.807) is 30.3 Å². The number of benzene rings is 3. The predicted molar refractivity (Wildman–Crippen MR) is 162 cm³/mol. The lowest BCUT2D eigenvalue weighted by Crippen LogP contribution is -1.96. The van der Waals surface area contributed by atoms with Gasteiger partial charge in [-0.25, -0.2) is 9.59 Å². The van der Waals surface area contributed by atoms with Crippen molar-refractivity contribution in [2.24, 2.45) is 0 Å². The molecule has 40 heavy (non-hydrogen) atoms. The quantitative estimate of drug-likeness (QED) is 0.125. The molecular weight excluding hydrogens is 504 g/mol. The molecule has 3 aromatic carbocycles. The maximum atomic E-state index is 10.6. The van der Waals surface area contributed by atoms with Crippen molar-refractivity contribution in [3.63, 3.8) is 0 Å². The van der Waals surface area contributed by atoms with Gasteiger partial charge in [0.1, 0.15) is 11.5 Å². The average Bonchev–Trinajstić information content (AvgIpc) is 2.96. The molecule has 218 valence electrons. The number of aromatic carboxylic acids is 2. The van der Waals surface area contributed by atoms with Crippen molar-refractivity contribution in [3.05, 3.63) is 94.5 Å². The van der Waals surface area contributed by atoms with Crippen molar-refractivity contribution in [1.82, 2.24) is 0 Å². The van der Waals surface area contributed by atoms with Gasteiger partial charge in [-0.3, -0.25) is 0 Å². The molecule has 0 radical (unpaired) electrons. The topological polar surface area (TPSA) is 115 Å². The first-order valence-electron chi connectivity index (χ1n) is 14.4. The second kappa shape index (κ2) is 20.2. The molecule has 0 bridgehead atoms. The SMILES string of the molecule is CCCCCCc1ccc(C(=O)O)cc1.CCCCCCc1ccc(C(=O)O)cc1.CCc1cc(O)ccc1O. The third-order valence-corrected chi connectivity index (χ3v) is 6.48. The van der Waals surface area contributed by atoms with E-state index in [4.69, 9.17) is 20.4 Å². The molecule has 4 N–H and O–H groups in total. The van der Waals surface area contributed by atoms with E-state index in [0.717, 1.165) is 24.8 Å². The van der Waals surface area contributed by atoms with E-state index in [2.05, 4.69) is 13.8 Å². The third kappa shape index (κ3) is 14.4. The van der Waals surface area contributed by atoms with E-state index >= 15 is 0 Å². The fraction of sp³-hybridized carbons (Fsp3) is 0.412. The van der Waals surface area contributed by atoms with Crippen LogP contribution in [0.3, 0.4) is 0 Å². The Kier molecular flexibility index (Phi) is 17.2. The first kappa shape index (κ1) is 34.2. The van der Waals surface area contributed by atoms with Crippen molar-refractivity contribution < 1.29 is 30.0 Å². The fourth-order valence-corrected chi connectivity index (χ4v) is 3.99. The highest BCUT2D eigenvalue weighted by Gasteiger charge is 2.02. The molecular formula is C34H46O6. The number of unbranched alkanes of at least 4 members (excludes halogenated alkanes) is 6. The average molecular weight is 551 g/mol. The van der Waals surface area contributed by atoms with Crippen molar-refractivity contribution in [2.45, 2.75) is 91.4 Å². The maximum absolute atomic E-state index is 10.6. The highest BCUT2D eigenvalue weighted by atomic mass is 16.4. The monoisotopic (exact) mass is 550 g/mol. The molecule has 0 saturated heterocycles. The van der Waals surface area contributed by atoms with E-state index in [1.165, 1.54) is 74.6 Å². The summed E-state index contributed by atoms with van der Waals surface area (Å²) in [6.07, 6.45) is 12.8. The minimum absolute atomic E-state index is 0.203. The van der Waals surface area contributed by atoms with Crippen LogP contribution in [0.25, 0.3) is 0 Å². The summed E-state index contributed by atoms with van der Waals surface area (Å²) in [5.74, 6) is -1.25. The Bertz CT molecular complexity index is 1050. The molecule has 0 aromatic heterocycles. The number of carbonyl (C=O) groups is 2. The van der Waals surface area contributed by atoms with Gasteiger partial charge >= 0.3 is 11.9 Å². The standard InChI is InChI=1S/2C13H18O2.C8H10O2/c2*1-2-3-4-5-6-11-7-9-12(10-8-11)13(14)15;1-2-6-5-7(9)3-4-8(6)10/h2*7-10H,2-6H2,1H3,(H,14,15);3-5,9-10H,2H2,1H3. The highest BCUT2D eigenvalue weighted by Crippen LogP contribution is 2.21. The second-order valence-electron chi connectivity index (χ2n) is 9.79. The maximum Gasteiger partial charge on any atom is 0.335 e. The van der Waals surface area contributed by atoms with Gasteiger partial charge in [-0.05, 0) is 91.3 Å². The molecule has 0 saturated carbocycles. The summed E-state index contributed by atoms with van der Waals surface area (Å²) in [4.78, 5) is 21.2. The van der Waals surface area contributed by atoms with Gasteiger partial charge in [-0.15, -0.1) is 0 Å². The number of phenolic OH excluding ortho intramolecular Hbond substituents is 2. The first-order chi connectivity index (χ1) is 19.2. The van der Waals surface area contributed by atoms with Gasteiger partial charge in [0.05, 0.1) is 11.1 Å². The molecule has 0 aliphatic rings. The number of aromatic hydroxyl groups is 2. The smallest absolute Gasteiger partial charge is 0.335 e. The van der Waals surface area contributed by atoms with Gasteiger partial charge in [-0.2, -0.15) is 0 Å². The molecule has 0 amide bonds. The molecule has 6 heteroatoms. The summed E-state index contributed by atoms with van der Waals surface area (Å²) in [6, 6.07) is 18.9. The van der Waals surface area contributed by atoms with Crippen LogP contribution in [-0.2, 0) is 19.3 Å². The molecule has 0 aliphatic carbocycles. The molecule has 0 unspecified atom stereocenters. The number of phenols is 2. The van der Waals surface area contributed by atoms with E-state index in [1.807, 2.05) is 31.2 Å². The zero-order chi connectivity index (χ0) is 29.8. The van der Waals surface area contributed by atoms with Crippen LogP contribution >= 0.6 is 0 Å². The summed E-state index contributed by atoms with van der Waals surface area (Å²) in [7, 11) is 0. The van der Waals surface area contributed by atoms with Gasteiger partial charge in [0.25, 0.3) is 0 Å². The van der Waals surface area contributed by atoms with Crippen molar-refractivity contribution in [1.29, 1.82) is 0 Å². The number of carboxylic acid groups (broad SMARTS) is 2. The summed E-state index contributed by atoms with van der Waals surface area (Å²) in [5, 5.41) is 35.5. The van der Waals surface area contributed by atoms with Crippen LogP contribution < -0.4 is 0 Å². The summed E-state index contributed by atoms with van der Waals surface area (Å²) < 4.78 is 0. The van der Waals surface area contributed by atoms with E-state index in [-0.39, 0.29) is 11.5 Å². The van der Waals surface area contributed by atoms with Crippen LogP contribution in [0.5, 0.6) is 11.5 Å². The van der Waals surface area contributed by atoms with Gasteiger partial charge in [0.15, 0.2) is 0 Å². The van der Waals surface area contributed by atoms with Gasteiger partial charge in [0.2, 0.25) is 0 Å². The number of aryl methyl sites for hydroxylation is 3. The molecule has 0 spiro atoms. The van der Waals surface area contributed by atoms with Crippen LogP contribution in [0.15, 0.2) is 66.7 Å². The lowest BCUT2D eigenvalue weighted by Gasteiger charge is -2.01. The van der Waals surface area contributed by atoms with E-state index in [0.29, 0.717) is 11.1 Å². The number of hydrogen-bond acceptors (Lipinski definition) is 4. The lowest BCUT2D eigenvalue weighted by molar-refractivity contribution is 0.0686. The Labute approximate surface area is 239 Å². The normalized spacial score (nSPS) is 10.1. The van der Waals surface area contributed by atoms with Crippen LogP contribution in [-0.4, -0.2) is 32.4 Å². The third-order valence-electron chi connectivity index (χ3n) is 6.48. The van der Waals surface area contributed by atoms with Crippen LogP contribution in [0, 0.1) is 0 Å². The fourth-order valence-electron chi connectivity index (χ4n) is 3.99. The van der Waals surface area contributed by atoms with Crippen molar-refractivity contribution >= 4 is 11.9 Å². The molecule has 0 heterocycles. The van der Waals surface area contributed by atoms with Crippen LogP contribution in [0.1, 0.15) is 110 Å². The Morgan fingerprint density at radius 2 is 1.00 bits per heavy atom. The minimum Gasteiger partial charge on any atom is -0.508 e. The predicted octanol–water partition coefficient (Wildman–Crippen LogP) is 8.68. The lowest BCUT2D eigenvalue weighted by atomic mass is 10.0. The summed E-state index contributed by atoms with van der Waals surface area (Å²) >= 11 is 0. The number of carboxylic acids is 2. The molecule has 0 aliphatic heterocycles. The zero-order valence-electron chi connectivity index (χ0n) is 24.2. The Morgan fingerprint density at radius 1 is 0.575 bits per heavy atom. The van der Waals surface area contributed by atoms with Crippen molar-refractivity contribution in [3.8, 4) is 11.5 Å². The van der Waals surface area contributed by atoms with Gasteiger partial charge in [-0.1, -0.05) is 83.6 Å². The molecule has 3 rings (SSSR count). The van der Waals surface area contributed by atoms with Gasteiger partial charge in [0, 0.05) is 0 Å². The molecule has 0 atom stereocenters. The van der Waals surface area contributed by atoms with Gasteiger partial charge < -0.3 is 20.4 Å². The number of rotatable bonds is 13. The Balaban J connectivity index is 0.000000307. The highest BCUT2D eigenvalue weighted by molar-refractivity contribution is 5.87. The van der Waals surface area contributed by atoms with E-state index < -0.39 is 11.9 Å². The largest absolute Gasteiger partial charge is 0.508 e. The minimum atomic E-state index is -0.854. The Morgan fingerprint density at radius 3 is 1.32 bits per heavy atom. The second-order valence-corrected chi connectivity index (χ2v) is 9.79. The zero-order valence-corrected chi connectivity index (χ0v) is 24.2. The molecule has 6 nitrogen and oxygen atoms in total. The number of hydrogen-bond donors (Lipinski definition) is 4. The summed E-state index contributed by atoms with van der Waals surface area (Å²) in [5.41, 5.74) is 3.98. The van der Waals surface area contributed by atoms with Crippen LogP contribution in [0.4, 0.5) is 0 Å². The Hall–Kier alpha value is -3.80.